The molecule has 1 aromatic heterocycles. The zero-order valence-corrected chi connectivity index (χ0v) is 11.1. The molecule has 18 heavy (non-hydrogen) atoms. The van der Waals surface area contributed by atoms with Crippen molar-refractivity contribution in [3.8, 4) is 0 Å². The normalized spacial score (nSPS) is 12.6. The first-order valence-corrected chi connectivity index (χ1v) is 6.73. The van der Waals surface area contributed by atoms with E-state index in [4.69, 9.17) is 11.6 Å². The fourth-order valence-corrected chi connectivity index (χ4v) is 2.69. The minimum absolute atomic E-state index is 0.302. The van der Waals surface area contributed by atoms with E-state index in [9.17, 15) is 9.50 Å². The Labute approximate surface area is 114 Å². The Morgan fingerprint density at radius 2 is 2.06 bits per heavy atom. The van der Waals surface area contributed by atoms with Gasteiger partial charge in [-0.15, -0.1) is 11.3 Å². The molecule has 1 heterocycles. The molecule has 96 valence electrons. The van der Waals surface area contributed by atoms with E-state index in [1.807, 2.05) is 12.1 Å². The molecule has 5 heteroatoms. The largest absolute Gasteiger partial charge is 0.387 e. The molecule has 2 N–H and O–H groups in total. The maximum Gasteiger partial charge on any atom is 0.129 e. The van der Waals surface area contributed by atoms with E-state index in [0.29, 0.717) is 18.7 Å². The van der Waals surface area contributed by atoms with Crippen molar-refractivity contribution in [1.82, 2.24) is 5.32 Å². The maximum absolute atomic E-state index is 13.4. The van der Waals surface area contributed by atoms with Crippen molar-refractivity contribution in [2.45, 2.75) is 12.6 Å². The van der Waals surface area contributed by atoms with Crippen LogP contribution >= 0.6 is 22.9 Å². The van der Waals surface area contributed by atoms with Crippen molar-refractivity contribution in [3.63, 3.8) is 0 Å². The van der Waals surface area contributed by atoms with Gasteiger partial charge in [0.05, 0.1) is 10.4 Å². The van der Waals surface area contributed by atoms with Gasteiger partial charge in [-0.1, -0.05) is 29.8 Å². The number of nitrogens with one attached hydrogen (secondary N) is 1. The Hall–Kier alpha value is -0.940. The highest BCUT2D eigenvalue weighted by Crippen LogP contribution is 2.21. The number of hydrogen-bond donors (Lipinski definition) is 2. The number of hydrogen-bond acceptors (Lipinski definition) is 3. The summed E-state index contributed by atoms with van der Waals surface area (Å²) >= 11 is 7.30. The molecule has 0 bridgehead atoms. The molecular formula is C13H13ClFNOS. The van der Waals surface area contributed by atoms with Crippen molar-refractivity contribution >= 4 is 22.9 Å². The molecule has 0 spiro atoms. The van der Waals surface area contributed by atoms with Crippen LogP contribution in [0.4, 0.5) is 4.39 Å². The summed E-state index contributed by atoms with van der Waals surface area (Å²) < 4.78 is 14.1. The number of benzene rings is 1. The second-order valence-corrected chi connectivity index (χ2v) is 5.67. The molecule has 2 nitrogen and oxygen atoms in total. The average molecular weight is 286 g/mol. The molecule has 0 fully saturated rings. The van der Waals surface area contributed by atoms with E-state index >= 15 is 0 Å². The van der Waals surface area contributed by atoms with Crippen LogP contribution in [0.1, 0.15) is 16.5 Å². The van der Waals surface area contributed by atoms with Gasteiger partial charge in [0.2, 0.25) is 0 Å². The van der Waals surface area contributed by atoms with Crippen LogP contribution in [0, 0.1) is 5.82 Å². The van der Waals surface area contributed by atoms with Crippen LogP contribution in [-0.2, 0) is 6.54 Å². The predicted molar refractivity (Wildman–Crippen MR) is 72.4 cm³/mol. The lowest BCUT2D eigenvalue weighted by Crippen LogP contribution is -2.21. The Morgan fingerprint density at radius 1 is 1.28 bits per heavy atom. The highest BCUT2D eigenvalue weighted by atomic mass is 35.5. The molecule has 2 rings (SSSR count). The third-order valence-electron chi connectivity index (χ3n) is 2.53. The minimum atomic E-state index is -0.846. The SMILES string of the molecule is OC(CNCc1ccc(Cl)s1)c1ccccc1F. The zero-order chi connectivity index (χ0) is 13.0. The quantitative estimate of drug-likeness (QED) is 0.883. The van der Waals surface area contributed by atoms with E-state index in [2.05, 4.69) is 5.32 Å². The lowest BCUT2D eigenvalue weighted by molar-refractivity contribution is 0.170. The first kappa shape index (κ1) is 13.5. The average Bonchev–Trinajstić information content (AvgIpc) is 2.75. The first-order valence-electron chi connectivity index (χ1n) is 5.54. The summed E-state index contributed by atoms with van der Waals surface area (Å²) in [4.78, 5) is 1.08. The molecule has 1 aromatic carbocycles. The molecule has 0 aliphatic carbocycles. The second-order valence-electron chi connectivity index (χ2n) is 3.87. The topological polar surface area (TPSA) is 32.3 Å². The number of aliphatic hydroxyl groups excluding tert-OH is 1. The molecule has 0 saturated heterocycles. The molecule has 0 aliphatic rings. The summed E-state index contributed by atoms with van der Waals surface area (Å²) in [5.74, 6) is -0.383. The van der Waals surface area contributed by atoms with Gasteiger partial charge in [0.15, 0.2) is 0 Å². The molecular weight excluding hydrogens is 273 g/mol. The van der Waals surface area contributed by atoms with Crippen molar-refractivity contribution in [2.24, 2.45) is 0 Å². The molecule has 0 radical (unpaired) electrons. The summed E-state index contributed by atoms with van der Waals surface area (Å²) in [6.07, 6.45) is -0.846. The minimum Gasteiger partial charge on any atom is -0.387 e. The molecule has 0 aliphatic heterocycles. The lowest BCUT2D eigenvalue weighted by atomic mass is 10.1. The number of rotatable bonds is 5. The smallest absolute Gasteiger partial charge is 0.129 e. The Kier molecular flexibility index (Phi) is 4.72. The van der Waals surface area contributed by atoms with Crippen molar-refractivity contribution in [2.75, 3.05) is 6.54 Å². The van der Waals surface area contributed by atoms with Crippen LogP contribution in [0.25, 0.3) is 0 Å². The van der Waals surface area contributed by atoms with E-state index in [1.54, 1.807) is 18.2 Å². The number of halogens is 2. The van der Waals surface area contributed by atoms with Gasteiger partial charge in [-0.25, -0.2) is 4.39 Å². The standard InChI is InChI=1S/C13H13ClFNOS/c14-13-6-5-9(18-13)7-16-8-12(17)10-3-1-2-4-11(10)15/h1-6,12,16-17H,7-8H2. The highest BCUT2D eigenvalue weighted by molar-refractivity contribution is 7.16. The van der Waals surface area contributed by atoms with E-state index in [1.165, 1.54) is 17.4 Å². The first-order chi connectivity index (χ1) is 8.66. The van der Waals surface area contributed by atoms with Gasteiger partial charge in [-0.05, 0) is 18.2 Å². The summed E-state index contributed by atoms with van der Waals surface area (Å²) in [5.41, 5.74) is 0.314. The lowest BCUT2D eigenvalue weighted by Gasteiger charge is -2.12. The number of aliphatic hydroxyl groups is 1. The van der Waals surface area contributed by atoms with Crippen LogP contribution in [0.5, 0.6) is 0 Å². The molecule has 1 unspecified atom stereocenters. The van der Waals surface area contributed by atoms with Gasteiger partial charge in [-0.2, -0.15) is 0 Å². The summed E-state index contributed by atoms with van der Waals surface area (Å²) in [5, 5.41) is 12.9. The van der Waals surface area contributed by atoms with Crippen molar-refractivity contribution in [1.29, 1.82) is 0 Å². The molecule has 2 aromatic rings. The van der Waals surface area contributed by atoms with Gasteiger partial charge in [-0.3, -0.25) is 0 Å². The summed E-state index contributed by atoms with van der Waals surface area (Å²) in [6, 6.07) is 10.0. The summed E-state index contributed by atoms with van der Waals surface area (Å²) in [7, 11) is 0. The van der Waals surface area contributed by atoms with E-state index in [0.717, 1.165) is 9.21 Å². The third kappa shape index (κ3) is 3.53. The highest BCUT2D eigenvalue weighted by Gasteiger charge is 2.11. The second kappa shape index (κ2) is 6.29. The molecule has 1 atom stereocenters. The zero-order valence-electron chi connectivity index (χ0n) is 9.57. The van der Waals surface area contributed by atoms with Gasteiger partial charge in [0.1, 0.15) is 5.82 Å². The maximum atomic E-state index is 13.4. The van der Waals surface area contributed by atoms with Crippen LogP contribution in [0.3, 0.4) is 0 Å². The van der Waals surface area contributed by atoms with Crippen LogP contribution in [0.2, 0.25) is 4.34 Å². The van der Waals surface area contributed by atoms with Crippen molar-refractivity contribution < 1.29 is 9.50 Å². The predicted octanol–water partition coefficient (Wildman–Crippen LogP) is 3.36. The van der Waals surface area contributed by atoms with E-state index < -0.39 is 6.10 Å². The van der Waals surface area contributed by atoms with Crippen LogP contribution in [0.15, 0.2) is 36.4 Å². The fourth-order valence-electron chi connectivity index (χ4n) is 1.63. The van der Waals surface area contributed by atoms with Gasteiger partial charge in [0, 0.05) is 23.5 Å². The third-order valence-corrected chi connectivity index (χ3v) is 3.76. The fraction of sp³-hybridized carbons (Fsp3) is 0.231. The van der Waals surface area contributed by atoms with Gasteiger partial charge >= 0.3 is 0 Å². The monoisotopic (exact) mass is 285 g/mol. The Bertz CT molecular complexity index is 517. The molecule has 0 saturated carbocycles. The van der Waals surface area contributed by atoms with Gasteiger partial charge in [0.25, 0.3) is 0 Å². The summed E-state index contributed by atoms with van der Waals surface area (Å²) in [6.45, 7) is 0.916. The van der Waals surface area contributed by atoms with Crippen LogP contribution in [-0.4, -0.2) is 11.7 Å². The molecule has 0 amide bonds. The van der Waals surface area contributed by atoms with E-state index in [-0.39, 0.29) is 5.82 Å². The van der Waals surface area contributed by atoms with Crippen LogP contribution < -0.4 is 5.32 Å². The van der Waals surface area contributed by atoms with Crippen molar-refractivity contribution in [3.05, 3.63) is 57.0 Å². The Balaban J connectivity index is 1.85. The number of thiophene rings is 1. The van der Waals surface area contributed by atoms with Gasteiger partial charge < -0.3 is 10.4 Å². The Morgan fingerprint density at radius 3 is 2.72 bits per heavy atom.